The number of nitrogens with zero attached hydrogens (tertiary/aromatic N) is 2. The van der Waals surface area contributed by atoms with Gasteiger partial charge in [-0.25, -0.2) is 13.6 Å². The molecule has 1 fully saturated rings. The van der Waals surface area contributed by atoms with Crippen LogP contribution in [0.1, 0.15) is 26.2 Å². The molecule has 0 atom stereocenters. The van der Waals surface area contributed by atoms with Crippen LogP contribution in [-0.2, 0) is 0 Å². The monoisotopic (exact) mass is 311 g/mol. The quantitative estimate of drug-likeness (QED) is 0.847. The van der Waals surface area contributed by atoms with Crippen molar-refractivity contribution in [1.29, 1.82) is 0 Å². The molecule has 0 unspecified atom stereocenters. The predicted octanol–water partition coefficient (Wildman–Crippen LogP) is 3.30. The smallest absolute Gasteiger partial charge is 0.322 e. The van der Waals surface area contributed by atoms with Gasteiger partial charge in [0, 0.05) is 26.2 Å². The molecule has 0 bridgehead atoms. The van der Waals surface area contributed by atoms with Crippen LogP contribution in [0.15, 0.2) is 18.2 Å². The molecule has 2 amide bonds. The number of hydrogen-bond donors (Lipinski definition) is 1. The number of halogens is 2. The number of urea groups is 1. The van der Waals surface area contributed by atoms with Crippen molar-refractivity contribution < 1.29 is 13.6 Å². The van der Waals surface area contributed by atoms with Crippen molar-refractivity contribution in [3.8, 4) is 0 Å². The molecule has 1 aromatic carbocycles. The van der Waals surface area contributed by atoms with E-state index in [1.165, 1.54) is 25.3 Å². The molecular formula is C16H23F2N3O. The van der Waals surface area contributed by atoms with Gasteiger partial charge in [-0.05, 0) is 25.1 Å². The number of rotatable bonds is 5. The lowest BCUT2D eigenvalue weighted by molar-refractivity contribution is 0.146. The molecule has 1 N–H and O–H groups in total. The average Bonchev–Trinajstić information content (AvgIpc) is 2.52. The zero-order valence-electron chi connectivity index (χ0n) is 12.9. The first-order valence-electron chi connectivity index (χ1n) is 7.84. The highest BCUT2D eigenvalue weighted by Gasteiger charge is 2.22. The summed E-state index contributed by atoms with van der Waals surface area (Å²) in [6.45, 7) is 5.98. The van der Waals surface area contributed by atoms with Crippen LogP contribution in [0, 0.1) is 11.6 Å². The largest absolute Gasteiger partial charge is 0.322 e. The molecular weight excluding hydrogens is 288 g/mol. The molecule has 122 valence electrons. The molecule has 1 aromatic rings. The zero-order chi connectivity index (χ0) is 15.9. The van der Waals surface area contributed by atoms with Crippen LogP contribution in [0.25, 0.3) is 0 Å². The molecule has 1 aliphatic heterocycles. The summed E-state index contributed by atoms with van der Waals surface area (Å²) in [6, 6.07) is 3.08. The number of hydrogen-bond acceptors (Lipinski definition) is 2. The molecule has 2 rings (SSSR count). The Morgan fingerprint density at radius 1 is 1.14 bits per heavy atom. The molecule has 1 heterocycles. The summed E-state index contributed by atoms with van der Waals surface area (Å²) in [5.74, 6) is -1.52. The normalized spacial score (nSPS) is 15.9. The summed E-state index contributed by atoms with van der Waals surface area (Å²) in [7, 11) is 0. The highest BCUT2D eigenvalue weighted by Crippen LogP contribution is 2.18. The van der Waals surface area contributed by atoms with E-state index in [0.717, 1.165) is 31.8 Å². The van der Waals surface area contributed by atoms with Gasteiger partial charge in [0.2, 0.25) is 0 Å². The van der Waals surface area contributed by atoms with Crippen molar-refractivity contribution in [3.63, 3.8) is 0 Å². The summed E-state index contributed by atoms with van der Waals surface area (Å²) in [5, 5.41) is 2.33. The summed E-state index contributed by atoms with van der Waals surface area (Å²) in [6.07, 6.45) is 3.58. The zero-order valence-corrected chi connectivity index (χ0v) is 12.9. The van der Waals surface area contributed by atoms with Gasteiger partial charge < -0.3 is 10.2 Å². The number of anilines is 1. The lowest BCUT2D eigenvalue weighted by Crippen LogP contribution is -2.50. The fourth-order valence-corrected chi connectivity index (χ4v) is 2.56. The minimum atomic E-state index is -0.758. The Kier molecular flexibility index (Phi) is 6.12. The molecule has 0 aromatic heterocycles. The van der Waals surface area contributed by atoms with E-state index >= 15 is 0 Å². The molecule has 0 spiro atoms. The number of unbranched alkanes of at least 4 members (excludes halogenated alkanes) is 2. The highest BCUT2D eigenvalue weighted by molar-refractivity contribution is 5.89. The minimum absolute atomic E-state index is 0.377. The van der Waals surface area contributed by atoms with Crippen LogP contribution in [0.4, 0.5) is 19.3 Å². The molecule has 22 heavy (non-hydrogen) atoms. The van der Waals surface area contributed by atoms with E-state index in [2.05, 4.69) is 17.1 Å². The van der Waals surface area contributed by atoms with Crippen molar-refractivity contribution >= 4 is 11.7 Å². The molecule has 0 saturated carbocycles. The van der Waals surface area contributed by atoms with Crippen molar-refractivity contribution in [2.75, 3.05) is 38.0 Å². The number of para-hydroxylation sites is 1. The predicted molar refractivity (Wildman–Crippen MR) is 82.9 cm³/mol. The second-order valence-electron chi connectivity index (χ2n) is 5.56. The summed E-state index contributed by atoms with van der Waals surface area (Å²) in [4.78, 5) is 16.0. The van der Waals surface area contributed by atoms with Crippen LogP contribution in [0.3, 0.4) is 0 Å². The van der Waals surface area contributed by atoms with Gasteiger partial charge in [0.05, 0.1) is 0 Å². The summed E-state index contributed by atoms with van der Waals surface area (Å²) in [5.41, 5.74) is -0.377. The van der Waals surface area contributed by atoms with Gasteiger partial charge in [0.1, 0.15) is 17.3 Å². The second-order valence-corrected chi connectivity index (χ2v) is 5.56. The van der Waals surface area contributed by atoms with Gasteiger partial charge in [-0.3, -0.25) is 4.90 Å². The Balaban J connectivity index is 1.82. The third-order valence-electron chi connectivity index (χ3n) is 3.93. The van der Waals surface area contributed by atoms with Crippen molar-refractivity contribution in [2.24, 2.45) is 0 Å². The van der Waals surface area contributed by atoms with E-state index in [1.807, 2.05) is 0 Å². The Hall–Kier alpha value is -1.69. The van der Waals surface area contributed by atoms with Crippen molar-refractivity contribution in [3.05, 3.63) is 29.8 Å². The first-order valence-corrected chi connectivity index (χ1v) is 7.84. The Bertz CT molecular complexity index is 482. The molecule has 1 aliphatic rings. The summed E-state index contributed by atoms with van der Waals surface area (Å²) >= 11 is 0. The standard InChI is InChI=1S/C16H23F2N3O/c1-2-3-4-8-20-9-11-21(12-10-20)16(22)19-15-13(17)6-5-7-14(15)18/h5-7H,2-4,8-12H2,1H3,(H,19,22). The maximum Gasteiger partial charge on any atom is 0.322 e. The molecule has 0 radical (unpaired) electrons. The number of carbonyl (C=O) groups is 1. The van der Waals surface area contributed by atoms with Gasteiger partial charge in [0.25, 0.3) is 0 Å². The van der Waals surface area contributed by atoms with E-state index in [1.54, 1.807) is 4.90 Å². The molecule has 6 heteroatoms. The Labute approximate surface area is 130 Å². The molecule has 4 nitrogen and oxygen atoms in total. The van der Waals surface area contributed by atoms with Gasteiger partial charge in [0.15, 0.2) is 0 Å². The van der Waals surface area contributed by atoms with Gasteiger partial charge in [-0.1, -0.05) is 25.8 Å². The first kappa shape index (κ1) is 16.7. The van der Waals surface area contributed by atoms with Crippen molar-refractivity contribution in [2.45, 2.75) is 26.2 Å². The lowest BCUT2D eigenvalue weighted by Gasteiger charge is -2.34. The second kappa shape index (κ2) is 8.08. The van der Waals surface area contributed by atoms with Crippen molar-refractivity contribution in [1.82, 2.24) is 9.80 Å². The number of piperazine rings is 1. The first-order chi connectivity index (χ1) is 10.6. The maximum atomic E-state index is 13.5. The molecule has 1 saturated heterocycles. The van der Waals surface area contributed by atoms with E-state index in [0.29, 0.717) is 13.1 Å². The van der Waals surface area contributed by atoms with E-state index in [4.69, 9.17) is 0 Å². The molecule has 0 aliphatic carbocycles. The Morgan fingerprint density at radius 2 is 1.77 bits per heavy atom. The fourth-order valence-electron chi connectivity index (χ4n) is 2.56. The van der Waals surface area contributed by atoms with Crippen LogP contribution >= 0.6 is 0 Å². The van der Waals surface area contributed by atoms with Gasteiger partial charge in [-0.2, -0.15) is 0 Å². The Morgan fingerprint density at radius 3 is 2.36 bits per heavy atom. The highest BCUT2D eigenvalue weighted by atomic mass is 19.1. The van der Waals surface area contributed by atoms with Crippen LogP contribution in [-0.4, -0.2) is 48.6 Å². The van der Waals surface area contributed by atoms with Crippen LogP contribution < -0.4 is 5.32 Å². The number of benzene rings is 1. The van der Waals surface area contributed by atoms with Crippen LogP contribution in [0.5, 0.6) is 0 Å². The van der Waals surface area contributed by atoms with Crippen LogP contribution in [0.2, 0.25) is 0 Å². The number of nitrogens with one attached hydrogen (secondary N) is 1. The SMILES string of the molecule is CCCCCN1CCN(C(=O)Nc2c(F)cccc2F)CC1. The third kappa shape index (κ3) is 4.40. The van der Waals surface area contributed by atoms with E-state index < -0.39 is 17.7 Å². The van der Waals surface area contributed by atoms with Gasteiger partial charge in [-0.15, -0.1) is 0 Å². The average molecular weight is 311 g/mol. The minimum Gasteiger partial charge on any atom is -0.322 e. The topological polar surface area (TPSA) is 35.6 Å². The van der Waals surface area contributed by atoms with Gasteiger partial charge >= 0.3 is 6.03 Å². The fraction of sp³-hybridized carbons (Fsp3) is 0.562. The van der Waals surface area contributed by atoms with E-state index in [-0.39, 0.29) is 5.69 Å². The summed E-state index contributed by atoms with van der Waals surface area (Å²) < 4.78 is 27.1. The maximum absolute atomic E-state index is 13.5. The lowest BCUT2D eigenvalue weighted by atomic mass is 10.2. The number of carbonyl (C=O) groups excluding carboxylic acids is 1. The van der Waals surface area contributed by atoms with E-state index in [9.17, 15) is 13.6 Å². The third-order valence-corrected chi connectivity index (χ3v) is 3.93. The number of amides is 2.